The van der Waals surface area contributed by atoms with Gasteiger partial charge in [0.05, 0.1) is 11.3 Å². The monoisotopic (exact) mass is 275 g/mol. The van der Waals surface area contributed by atoms with Crippen molar-refractivity contribution in [2.45, 2.75) is 32.1 Å². The van der Waals surface area contributed by atoms with Crippen molar-refractivity contribution >= 4 is 11.8 Å². The van der Waals surface area contributed by atoms with Crippen LogP contribution in [0.3, 0.4) is 0 Å². The van der Waals surface area contributed by atoms with E-state index in [1.54, 1.807) is 0 Å². The summed E-state index contributed by atoms with van der Waals surface area (Å²) in [6.07, 6.45) is 0.248. The number of esters is 1. The lowest BCUT2D eigenvalue weighted by Crippen LogP contribution is -2.45. The SMILES string of the molecule is C=C(C)[C@]1(O)C(=O)OCc2c1cc1n(c2=O)CCC1=O. The molecule has 0 amide bonds. The first-order chi connectivity index (χ1) is 9.37. The average Bonchev–Trinajstić information content (AvgIpc) is 2.77. The highest BCUT2D eigenvalue weighted by Gasteiger charge is 2.47. The van der Waals surface area contributed by atoms with E-state index in [9.17, 15) is 19.5 Å². The number of aliphatic hydroxyl groups is 1. The van der Waals surface area contributed by atoms with Gasteiger partial charge in [0.1, 0.15) is 6.61 Å². The van der Waals surface area contributed by atoms with Crippen LogP contribution in [0.4, 0.5) is 0 Å². The summed E-state index contributed by atoms with van der Waals surface area (Å²) in [4.78, 5) is 36.0. The minimum absolute atomic E-state index is 0.118. The van der Waals surface area contributed by atoms with Gasteiger partial charge in [-0.1, -0.05) is 6.58 Å². The van der Waals surface area contributed by atoms with Gasteiger partial charge in [0, 0.05) is 18.5 Å². The standard InChI is InChI=1S/C14H13NO5/c1-7(2)14(19)9-5-10-11(16)3-4-15(10)12(17)8(9)6-20-13(14)18/h5,19H,1,3-4,6H2,2H3/t14-/m1/s1. The lowest BCUT2D eigenvalue weighted by molar-refractivity contribution is -0.167. The van der Waals surface area contributed by atoms with Crippen LogP contribution in [0.2, 0.25) is 0 Å². The highest BCUT2D eigenvalue weighted by molar-refractivity contribution is 5.97. The Hall–Kier alpha value is -2.21. The van der Waals surface area contributed by atoms with E-state index in [1.807, 2.05) is 0 Å². The zero-order chi connectivity index (χ0) is 14.7. The van der Waals surface area contributed by atoms with E-state index < -0.39 is 17.1 Å². The van der Waals surface area contributed by atoms with Crippen molar-refractivity contribution in [1.29, 1.82) is 0 Å². The molecule has 0 fully saturated rings. The Balaban J connectivity index is 2.37. The van der Waals surface area contributed by atoms with Crippen molar-refractivity contribution in [3.63, 3.8) is 0 Å². The summed E-state index contributed by atoms with van der Waals surface area (Å²) in [6.45, 7) is 5.19. The molecule has 3 heterocycles. The molecule has 0 saturated carbocycles. The Kier molecular flexibility index (Phi) is 2.49. The zero-order valence-corrected chi connectivity index (χ0v) is 10.9. The average molecular weight is 275 g/mol. The molecule has 3 rings (SSSR count). The molecular weight excluding hydrogens is 262 g/mol. The minimum Gasteiger partial charge on any atom is -0.458 e. The molecule has 0 aromatic carbocycles. The number of hydrogen-bond acceptors (Lipinski definition) is 5. The molecule has 0 unspecified atom stereocenters. The first-order valence-corrected chi connectivity index (χ1v) is 6.23. The molecule has 6 nitrogen and oxygen atoms in total. The molecule has 0 aliphatic carbocycles. The molecule has 1 atom stereocenters. The summed E-state index contributed by atoms with van der Waals surface area (Å²) in [5.41, 5.74) is -1.76. The molecule has 0 bridgehead atoms. The second-order valence-corrected chi connectivity index (χ2v) is 5.12. The van der Waals surface area contributed by atoms with Gasteiger partial charge in [-0.05, 0) is 18.6 Å². The highest BCUT2D eigenvalue weighted by atomic mass is 16.6. The zero-order valence-electron chi connectivity index (χ0n) is 10.9. The Labute approximate surface area is 114 Å². The van der Waals surface area contributed by atoms with Crippen LogP contribution in [-0.4, -0.2) is 21.4 Å². The number of carbonyl (C=O) groups is 2. The second kappa shape index (κ2) is 3.89. The van der Waals surface area contributed by atoms with E-state index in [2.05, 4.69) is 6.58 Å². The lowest BCUT2D eigenvalue weighted by atomic mass is 9.83. The normalized spacial score (nSPS) is 24.1. The van der Waals surface area contributed by atoms with E-state index >= 15 is 0 Å². The Bertz CT molecular complexity index is 730. The molecule has 1 N–H and O–H groups in total. The molecule has 2 aliphatic heterocycles. The van der Waals surface area contributed by atoms with Crippen molar-refractivity contribution in [3.8, 4) is 0 Å². The Morgan fingerprint density at radius 2 is 2.15 bits per heavy atom. The third kappa shape index (κ3) is 1.39. The number of Topliss-reactive ketones (excluding diaryl/α,β-unsaturated/α-hetero) is 1. The first kappa shape index (κ1) is 12.8. The van der Waals surface area contributed by atoms with Crippen LogP contribution in [0.1, 0.15) is 35.0 Å². The number of nitrogens with zero attached hydrogens (tertiary/aromatic N) is 1. The number of pyridine rings is 1. The predicted molar refractivity (Wildman–Crippen MR) is 68.2 cm³/mol. The van der Waals surface area contributed by atoms with Crippen molar-refractivity contribution in [2.75, 3.05) is 0 Å². The van der Waals surface area contributed by atoms with Crippen LogP contribution in [0, 0.1) is 0 Å². The van der Waals surface area contributed by atoms with Crippen LogP contribution >= 0.6 is 0 Å². The number of aromatic nitrogens is 1. The van der Waals surface area contributed by atoms with Gasteiger partial charge in [-0.3, -0.25) is 9.59 Å². The van der Waals surface area contributed by atoms with Crippen molar-refractivity contribution < 1.29 is 19.4 Å². The van der Waals surface area contributed by atoms with Crippen LogP contribution in [0.25, 0.3) is 0 Å². The van der Waals surface area contributed by atoms with Crippen LogP contribution in [0.15, 0.2) is 23.0 Å². The van der Waals surface area contributed by atoms with Gasteiger partial charge in [-0.15, -0.1) is 0 Å². The summed E-state index contributed by atoms with van der Waals surface area (Å²) in [5.74, 6) is -1.04. The van der Waals surface area contributed by atoms with E-state index in [4.69, 9.17) is 4.74 Å². The Morgan fingerprint density at radius 1 is 1.45 bits per heavy atom. The number of rotatable bonds is 1. The number of ether oxygens (including phenoxy) is 1. The molecule has 6 heteroatoms. The molecule has 1 aromatic heterocycles. The maximum atomic E-state index is 12.3. The summed E-state index contributed by atoms with van der Waals surface area (Å²) in [7, 11) is 0. The van der Waals surface area contributed by atoms with Gasteiger partial charge in [0.25, 0.3) is 5.56 Å². The van der Waals surface area contributed by atoms with E-state index in [1.165, 1.54) is 17.6 Å². The lowest BCUT2D eigenvalue weighted by Gasteiger charge is -2.32. The van der Waals surface area contributed by atoms with E-state index in [0.717, 1.165) is 0 Å². The number of ketones is 1. The topological polar surface area (TPSA) is 85.6 Å². The van der Waals surface area contributed by atoms with Gasteiger partial charge >= 0.3 is 5.97 Å². The third-order valence-corrected chi connectivity index (χ3v) is 3.90. The van der Waals surface area contributed by atoms with Gasteiger partial charge in [0.2, 0.25) is 5.60 Å². The fraction of sp³-hybridized carbons (Fsp3) is 0.357. The Morgan fingerprint density at radius 3 is 2.80 bits per heavy atom. The smallest absolute Gasteiger partial charge is 0.347 e. The van der Waals surface area contributed by atoms with Gasteiger partial charge < -0.3 is 14.4 Å². The molecule has 0 saturated heterocycles. The molecule has 0 radical (unpaired) electrons. The molecule has 2 aliphatic rings. The van der Waals surface area contributed by atoms with E-state index in [0.29, 0.717) is 6.54 Å². The fourth-order valence-corrected chi connectivity index (χ4v) is 2.70. The molecule has 104 valence electrons. The number of cyclic esters (lactones) is 1. The quantitative estimate of drug-likeness (QED) is 0.586. The third-order valence-electron chi connectivity index (χ3n) is 3.90. The van der Waals surface area contributed by atoms with Crippen molar-refractivity contribution in [2.24, 2.45) is 0 Å². The second-order valence-electron chi connectivity index (χ2n) is 5.12. The minimum atomic E-state index is -2.06. The van der Waals surface area contributed by atoms with Gasteiger partial charge in [-0.25, -0.2) is 4.79 Å². The van der Waals surface area contributed by atoms with Gasteiger partial charge in [0.15, 0.2) is 5.78 Å². The molecule has 0 spiro atoms. The fourth-order valence-electron chi connectivity index (χ4n) is 2.70. The maximum absolute atomic E-state index is 12.3. The molecular formula is C14H13NO5. The summed E-state index contributed by atoms with van der Waals surface area (Å²) >= 11 is 0. The number of hydrogen-bond donors (Lipinski definition) is 1. The predicted octanol–water partition coefficient (Wildman–Crippen LogP) is 0.255. The number of carbonyl (C=O) groups excluding carboxylic acids is 2. The van der Waals surface area contributed by atoms with Crippen molar-refractivity contribution in [3.05, 3.63) is 45.4 Å². The highest BCUT2D eigenvalue weighted by Crippen LogP contribution is 2.36. The molecule has 20 heavy (non-hydrogen) atoms. The first-order valence-electron chi connectivity index (χ1n) is 6.23. The largest absolute Gasteiger partial charge is 0.458 e. The summed E-state index contributed by atoms with van der Waals surface area (Å²) in [6, 6.07) is 1.42. The van der Waals surface area contributed by atoms with Crippen molar-refractivity contribution in [1.82, 2.24) is 4.57 Å². The van der Waals surface area contributed by atoms with Gasteiger partial charge in [-0.2, -0.15) is 0 Å². The van der Waals surface area contributed by atoms with Crippen LogP contribution < -0.4 is 5.56 Å². The summed E-state index contributed by atoms with van der Waals surface area (Å²) in [5, 5.41) is 10.6. The van der Waals surface area contributed by atoms with E-state index in [-0.39, 0.29) is 41.2 Å². The summed E-state index contributed by atoms with van der Waals surface area (Å²) < 4.78 is 6.26. The van der Waals surface area contributed by atoms with Crippen LogP contribution in [0.5, 0.6) is 0 Å². The maximum Gasteiger partial charge on any atom is 0.347 e. The molecule has 1 aromatic rings. The van der Waals surface area contributed by atoms with Crippen LogP contribution in [-0.2, 0) is 28.3 Å². The number of fused-ring (bicyclic) bond motifs is 2.